The van der Waals surface area contributed by atoms with Crippen molar-refractivity contribution in [2.75, 3.05) is 0 Å². The maximum absolute atomic E-state index is 6.99. The molecule has 1 heterocycles. The Morgan fingerprint density at radius 3 is 1.69 bits per heavy atom. The van der Waals surface area contributed by atoms with Crippen molar-refractivity contribution < 1.29 is 4.74 Å². The Morgan fingerprint density at radius 1 is 0.476 bits per heavy atom. The zero-order valence-electron chi connectivity index (χ0n) is 24.0. The van der Waals surface area contributed by atoms with Crippen molar-refractivity contribution in [2.24, 2.45) is 0 Å². The Bertz CT molecular complexity index is 2070. The molecule has 0 radical (unpaired) electrons. The summed E-state index contributed by atoms with van der Waals surface area (Å²) in [4.78, 5) is 0. The van der Waals surface area contributed by atoms with Gasteiger partial charge in [0.15, 0.2) is 0 Å². The van der Waals surface area contributed by atoms with Crippen LogP contribution in [0.4, 0.5) is 0 Å². The second-order valence-electron chi connectivity index (χ2n) is 12.5. The average Bonchev–Trinajstić information content (AvgIpc) is 3.44. The van der Waals surface area contributed by atoms with E-state index in [1.165, 1.54) is 72.3 Å². The minimum absolute atomic E-state index is 0.0214. The van der Waals surface area contributed by atoms with Gasteiger partial charge in [0.25, 0.3) is 0 Å². The number of hydrogen-bond acceptors (Lipinski definition) is 1. The molecule has 42 heavy (non-hydrogen) atoms. The number of aryl methyl sites for hydroxylation is 1. The van der Waals surface area contributed by atoms with E-state index in [0.29, 0.717) is 0 Å². The van der Waals surface area contributed by atoms with Crippen LogP contribution < -0.4 is 4.74 Å². The van der Waals surface area contributed by atoms with Gasteiger partial charge in [-0.25, -0.2) is 0 Å². The Morgan fingerprint density at radius 2 is 1.00 bits per heavy atom. The third-order valence-corrected chi connectivity index (χ3v) is 10.1. The van der Waals surface area contributed by atoms with Crippen molar-refractivity contribution in [3.63, 3.8) is 0 Å². The van der Waals surface area contributed by atoms with Gasteiger partial charge in [-0.2, -0.15) is 0 Å². The minimum Gasteiger partial charge on any atom is -0.456 e. The lowest BCUT2D eigenvalue weighted by Crippen LogP contribution is -2.32. The topological polar surface area (TPSA) is 9.23 Å². The molecule has 0 bridgehead atoms. The van der Waals surface area contributed by atoms with Gasteiger partial charge in [-0.1, -0.05) is 129 Å². The predicted molar refractivity (Wildman–Crippen MR) is 172 cm³/mol. The number of rotatable bonds is 1. The standard InChI is InChI=1S/C41H30O/c1-25-20-22-36-39(38(25)26-21-23-32-30(24-26)29-14-4-7-15-31(29)40(32,2)3)42-37-19-11-10-18-35(37)41(36)33-16-8-5-12-27(33)28-13-6-9-17-34(28)41/h4-24H,1-3H3. The molecular formula is C41H30O. The largest absolute Gasteiger partial charge is 0.456 e. The summed E-state index contributed by atoms with van der Waals surface area (Å²) in [5, 5.41) is 0. The molecule has 9 rings (SSSR count). The van der Waals surface area contributed by atoms with Gasteiger partial charge in [-0.05, 0) is 74.7 Å². The third-order valence-electron chi connectivity index (χ3n) is 10.1. The Labute approximate surface area is 247 Å². The third kappa shape index (κ3) is 2.79. The molecule has 1 heteroatoms. The van der Waals surface area contributed by atoms with Crippen LogP contribution in [-0.4, -0.2) is 0 Å². The van der Waals surface area contributed by atoms with Crippen LogP contribution in [-0.2, 0) is 10.8 Å². The molecule has 0 unspecified atom stereocenters. The van der Waals surface area contributed by atoms with E-state index in [2.05, 4.69) is 148 Å². The van der Waals surface area contributed by atoms with Crippen LogP contribution in [0.3, 0.4) is 0 Å². The van der Waals surface area contributed by atoms with Crippen molar-refractivity contribution in [1.82, 2.24) is 0 Å². The summed E-state index contributed by atoms with van der Waals surface area (Å²) in [6, 6.07) is 47.0. The molecule has 0 fully saturated rings. The molecule has 6 aromatic carbocycles. The normalized spacial score (nSPS) is 15.6. The first-order valence-electron chi connectivity index (χ1n) is 14.9. The second kappa shape index (κ2) is 8.11. The molecule has 3 aliphatic rings. The molecule has 1 spiro atoms. The van der Waals surface area contributed by atoms with E-state index in [0.717, 1.165) is 11.5 Å². The molecule has 200 valence electrons. The van der Waals surface area contributed by atoms with Crippen LogP contribution in [0.1, 0.15) is 52.8 Å². The molecule has 1 nitrogen and oxygen atoms in total. The SMILES string of the molecule is Cc1ccc2c(c1-c1ccc3c(c1)-c1ccccc1C3(C)C)Oc1ccccc1C21c2ccccc2-c2ccccc21. The first-order valence-corrected chi connectivity index (χ1v) is 14.9. The van der Waals surface area contributed by atoms with Crippen LogP contribution in [0, 0.1) is 6.92 Å². The number of hydrogen-bond donors (Lipinski definition) is 0. The Kier molecular flexibility index (Phi) is 4.59. The number of para-hydroxylation sites is 1. The molecule has 0 saturated carbocycles. The fourth-order valence-electron chi connectivity index (χ4n) is 8.25. The van der Waals surface area contributed by atoms with Gasteiger partial charge in [0.05, 0.1) is 5.41 Å². The molecule has 0 N–H and O–H groups in total. The van der Waals surface area contributed by atoms with Crippen molar-refractivity contribution in [1.29, 1.82) is 0 Å². The van der Waals surface area contributed by atoms with Crippen LogP contribution in [0.25, 0.3) is 33.4 Å². The summed E-state index contributed by atoms with van der Waals surface area (Å²) in [7, 11) is 0. The van der Waals surface area contributed by atoms with Crippen LogP contribution >= 0.6 is 0 Å². The highest BCUT2D eigenvalue weighted by atomic mass is 16.5. The zero-order chi connectivity index (χ0) is 28.2. The van der Waals surface area contributed by atoms with Crippen LogP contribution in [0.15, 0.2) is 127 Å². The predicted octanol–water partition coefficient (Wildman–Crippen LogP) is 10.4. The van der Waals surface area contributed by atoms with E-state index >= 15 is 0 Å². The van der Waals surface area contributed by atoms with Crippen LogP contribution in [0.5, 0.6) is 11.5 Å². The van der Waals surface area contributed by atoms with E-state index < -0.39 is 5.41 Å². The van der Waals surface area contributed by atoms with Crippen LogP contribution in [0.2, 0.25) is 0 Å². The zero-order valence-corrected chi connectivity index (χ0v) is 24.0. The lowest BCUT2D eigenvalue weighted by molar-refractivity contribution is 0.437. The van der Waals surface area contributed by atoms with Gasteiger partial charge in [0.2, 0.25) is 0 Å². The van der Waals surface area contributed by atoms with E-state index in [4.69, 9.17) is 4.74 Å². The van der Waals surface area contributed by atoms with Gasteiger partial charge in [0, 0.05) is 22.1 Å². The first-order chi connectivity index (χ1) is 20.5. The summed E-state index contributed by atoms with van der Waals surface area (Å²) in [5.74, 6) is 1.89. The van der Waals surface area contributed by atoms with Crippen molar-refractivity contribution in [3.05, 3.63) is 166 Å². The van der Waals surface area contributed by atoms with Crippen molar-refractivity contribution in [2.45, 2.75) is 31.6 Å². The van der Waals surface area contributed by atoms with E-state index in [-0.39, 0.29) is 5.41 Å². The van der Waals surface area contributed by atoms with Gasteiger partial charge in [0.1, 0.15) is 11.5 Å². The number of benzene rings is 6. The minimum atomic E-state index is -0.453. The quantitative estimate of drug-likeness (QED) is 0.202. The van der Waals surface area contributed by atoms with Crippen molar-refractivity contribution >= 4 is 0 Å². The van der Waals surface area contributed by atoms with Gasteiger partial charge in [-0.15, -0.1) is 0 Å². The Balaban J connectivity index is 1.37. The van der Waals surface area contributed by atoms with Crippen molar-refractivity contribution in [3.8, 4) is 44.9 Å². The monoisotopic (exact) mass is 538 g/mol. The van der Waals surface area contributed by atoms with E-state index in [1.807, 2.05) is 0 Å². The lowest BCUT2D eigenvalue weighted by Gasteiger charge is -2.40. The highest BCUT2D eigenvalue weighted by Gasteiger charge is 2.51. The van der Waals surface area contributed by atoms with E-state index in [1.54, 1.807) is 0 Å². The maximum Gasteiger partial charge on any atom is 0.140 e. The second-order valence-corrected chi connectivity index (χ2v) is 12.5. The number of fused-ring (bicyclic) bond motifs is 12. The van der Waals surface area contributed by atoms with Gasteiger partial charge < -0.3 is 4.74 Å². The lowest BCUT2D eigenvalue weighted by atomic mass is 9.65. The molecular weight excluding hydrogens is 508 g/mol. The summed E-state index contributed by atoms with van der Waals surface area (Å²) >= 11 is 0. The summed E-state index contributed by atoms with van der Waals surface area (Å²) in [5.41, 5.74) is 16.2. The van der Waals surface area contributed by atoms with E-state index in [9.17, 15) is 0 Å². The molecule has 6 aromatic rings. The number of ether oxygens (including phenoxy) is 1. The molecule has 2 aliphatic carbocycles. The van der Waals surface area contributed by atoms with Gasteiger partial charge in [-0.3, -0.25) is 0 Å². The highest BCUT2D eigenvalue weighted by Crippen LogP contribution is 2.63. The Hall–Kier alpha value is -4.88. The summed E-state index contributed by atoms with van der Waals surface area (Å²) in [6.45, 7) is 6.89. The maximum atomic E-state index is 6.99. The molecule has 0 saturated heterocycles. The average molecular weight is 539 g/mol. The molecule has 0 aromatic heterocycles. The smallest absolute Gasteiger partial charge is 0.140 e. The molecule has 0 atom stereocenters. The fourth-order valence-corrected chi connectivity index (χ4v) is 8.25. The summed E-state index contributed by atoms with van der Waals surface area (Å²) in [6.07, 6.45) is 0. The first kappa shape index (κ1) is 23.8. The molecule has 1 aliphatic heterocycles. The molecule has 0 amide bonds. The fraction of sp³-hybridized carbons (Fsp3) is 0.122. The highest BCUT2D eigenvalue weighted by molar-refractivity contribution is 5.92. The van der Waals surface area contributed by atoms with Gasteiger partial charge >= 0.3 is 0 Å². The summed E-state index contributed by atoms with van der Waals surface area (Å²) < 4.78 is 6.99.